The molecule has 2 nitrogen and oxygen atoms in total. The SMILES string of the molecule is CCCCCN1CC[C@@](CC(C)C)(c2cccc(O)c2)C1. The molecule has 1 saturated heterocycles. The summed E-state index contributed by atoms with van der Waals surface area (Å²) in [6, 6.07) is 7.96. The minimum atomic E-state index is 0.235. The van der Waals surface area contributed by atoms with E-state index in [0.717, 1.165) is 6.54 Å². The van der Waals surface area contributed by atoms with Crippen LogP contribution in [0.25, 0.3) is 0 Å². The van der Waals surface area contributed by atoms with Gasteiger partial charge in [-0.2, -0.15) is 0 Å². The van der Waals surface area contributed by atoms with Crippen molar-refractivity contribution < 1.29 is 5.11 Å². The molecule has 0 saturated carbocycles. The molecular formula is C19H31NO. The second-order valence-corrected chi connectivity index (χ2v) is 7.16. The highest BCUT2D eigenvalue weighted by atomic mass is 16.3. The second-order valence-electron chi connectivity index (χ2n) is 7.16. The molecule has 0 unspecified atom stereocenters. The number of unbranched alkanes of at least 4 members (excludes halogenated alkanes) is 2. The first-order valence-corrected chi connectivity index (χ1v) is 8.57. The van der Waals surface area contributed by atoms with Gasteiger partial charge in [0.2, 0.25) is 0 Å². The van der Waals surface area contributed by atoms with Gasteiger partial charge in [-0.05, 0) is 56.0 Å². The summed E-state index contributed by atoms with van der Waals surface area (Å²) in [6.45, 7) is 10.5. The summed E-state index contributed by atoms with van der Waals surface area (Å²) in [4.78, 5) is 2.63. The summed E-state index contributed by atoms with van der Waals surface area (Å²) >= 11 is 0. The van der Waals surface area contributed by atoms with E-state index < -0.39 is 0 Å². The average molecular weight is 289 g/mol. The second kappa shape index (κ2) is 7.31. The molecule has 1 atom stereocenters. The van der Waals surface area contributed by atoms with E-state index >= 15 is 0 Å². The Kier molecular flexibility index (Phi) is 5.69. The number of rotatable bonds is 7. The molecule has 1 heterocycles. The predicted octanol–water partition coefficient (Wildman–Crippen LogP) is 4.57. The standard InChI is InChI=1S/C19H31NO/c1-4-5-6-11-20-12-10-19(15-20,14-16(2)3)17-8-7-9-18(21)13-17/h7-9,13,16,21H,4-6,10-12,14-15H2,1-3H3/t19-/m0/s1. The number of aromatic hydroxyl groups is 1. The summed E-state index contributed by atoms with van der Waals surface area (Å²) in [7, 11) is 0. The number of likely N-dealkylation sites (tertiary alicyclic amines) is 1. The molecule has 21 heavy (non-hydrogen) atoms. The topological polar surface area (TPSA) is 23.5 Å². The quantitative estimate of drug-likeness (QED) is 0.743. The Bertz CT molecular complexity index is 443. The highest BCUT2D eigenvalue weighted by molar-refractivity contribution is 5.34. The Labute approximate surface area is 130 Å². The summed E-state index contributed by atoms with van der Waals surface area (Å²) in [5.74, 6) is 1.09. The predicted molar refractivity (Wildman–Crippen MR) is 89.8 cm³/mol. The Morgan fingerprint density at radius 1 is 1.29 bits per heavy atom. The van der Waals surface area contributed by atoms with Crippen molar-refractivity contribution in [1.82, 2.24) is 4.90 Å². The monoisotopic (exact) mass is 289 g/mol. The summed E-state index contributed by atoms with van der Waals surface area (Å²) in [5.41, 5.74) is 1.56. The van der Waals surface area contributed by atoms with Crippen LogP contribution in [0.3, 0.4) is 0 Å². The first-order valence-electron chi connectivity index (χ1n) is 8.57. The zero-order valence-electron chi connectivity index (χ0n) is 13.9. The van der Waals surface area contributed by atoms with E-state index in [1.807, 2.05) is 12.1 Å². The van der Waals surface area contributed by atoms with Gasteiger partial charge in [-0.3, -0.25) is 0 Å². The first kappa shape index (κ1) is 16.4. The molecule has 2 rings (SSSR count). The van der Waals surface area contributed by atoms with Gasteiger partial charge in [0.25, 0.3) is 0 Å². The van der Waals surface area contributed by atoms with E-state index in [4.69, 9.17) is 0 Å². The molecule has 1 aromatic rings. The van der Waals surface area contributed by atoms with Crippen LogP contribution in [0.4, 0.5) is 0 Å². The van der Waals surface area contributed by atoms with Crippen LogP contribution in [0.2, 0.25) is 0 Å². The van der Waals surface area contributed by atoms with Crippen molar-refractivity contribution in [2.24, 2.45) is 5.92 Å². The van der Waals surface area contributed by atoms with Crippen LogP contribution < -0.4 is 0 Å². The fourth-order valence-corrected chi connectivity index (χ4v) is 3.87. The van der Waals surface area contributed by atoms with Crippen molar-refractivity contribution in [3.8, 4) is 5.75 Å². The van der Waals surface area contributed by atoms with Crippen LogP contribution in [0.15, 0.2) is 24.3 Å². The number of hydrogen-bond donors (Lipinski definition) is 1. The average Bonchev–Trinajstić information content (AvgIpc) is 2.83. The molecule has 0 bridgehead atoms. The lowest BCUT2D eigenvalue weighted by Crippen LogP contribution is -2.33. The Morgan fingerprint density at radius 3 is 2.76 bits per heavy atom. The maximum atomic E-state index is 9.85. The molecule has 0 aromatic heterocycles. The molecule has 2 heteroatoms. The molecule has 1 aliphatic heterocycles. The van der Waals surface area contributed by atoms with Crippen molar-refractivity contribution in [3.63, 3.8) is 0 Å². The van der Waals surface area contributed by atoms with Crippen LogP contribution >= 0.6 is 0 Å². The van der Waals surface area contributed by atoms with Gasteiger partial charge in [0, 0.05) is 12.0 Å². The van der Waals surface area contributed by atoms with E-state index in [1.54, 1.807) is 6.07 Å². The molecule has 0 aliphatic carbocycles. The third-order valence-corrected chi connectivity index (χ3v) is 4.77. The number of phenolic OH excluding ortho intramolecular Hbond substituents is 1. The molecule has 0 spiro atoms. The maximum absolute atomic E-state index is 9.85. The van der Waals surface area contributed by atoms with Crippen molar-refractivity contribution in [2.75, 3.05) is 19.6 Å². The maximum Gasteiger partial charge on any atom is 0.115 e. The van der Waals surface area contributed by atoms with Crippen LogP contribution in [0.1, 0.15) is 58.4 Å². The van der Waals surface area contributed by atoms with E-state index in [9.17, 15) is 5.11 Å². The van der Waals surface area contributed by atoms with Crippen LogP contribution in [-0.2, 0) is 5.41 Å². The lowest BCUT2D eigenvalue weighted by molar-refractivity contribution is 0.281. The Balaban J connectivity index is 2.12. The minimum absolute atomic E-state index is 0.235. The van der Waals surface area contributed by atoms with Crippen molar-refractivity contribution in [3.05, 3.63) is 29.8 Å². The van der Waals surface area contributed by atoms with E-state index in [1.165, 1.54) is 50.8 Å². The number of nitrogens with zero attached hydrogens (tertiary/aromatic N) is 1. The number of benzene rings is 1. The lowest BCUT2D eigenvalue weighted by Gasteiger charge is -2.32. The highest BCUT2D eigenvalue weighted by Gasteiger charge is 2.39. The molecule has 0 amide bonds. The fraction of sp³-hybridized carbons (Fsp3) is 0.684. The zero-order valence-corrected chi connectivity index (χ0v) is 13.9. The molecule has 1 fully saturated rings. The largest absolute Gasteiger partial charge is 0.508 e. The highest BCUT2D eigenvalue weighted by Crippen LogP contribution is 2.41. The summed E-state index contributed by atoms with van der Waals surface area (Å²) in [6.07, 6.45) is 6.37. The van der Waals surface area contributed by atoms with Gasteiger partial charge < -0.3 is 10.0 Å². The van der Waals surface area contributed by atoms with Crippen LogP contribution in [-0.4, -0.2) is 29.6 Å². The van der Waals surface area contributed by atoms with Gasteiger partial charge in [0.15, 0.2) is 0 Å². The first-order chi connectivity index (χ1) is 10.1. The Morgan fingerprint density at radius 2 is 2.10 bits per heavy atom. The number of phenols is 1. The van der Waals surface area contributed by atoms with Crippen molar-refractivity contribution in [2.45, 2.75) is 58.3 Å². The van der Waals surface area contributed by atoms with Crippen LogP contribution in [0, 0.1) is 5.92 Å². The number of hydrogen-bond acceptors (Lipinski definition) is 2. The normalized spacial score (nSPS) is 23.0. The Hall–Kier alpha value is -1.02. The van der Waals surface area contributed by atoms with E-state index in [2.05, 4.69) is 31.7 Å². The smallest absolute Gasteiger partial charge is 0.115 e. The van der Waals surface area contributed by atoms with Gasteiger partial charge in [0.05, 0.1) is 0 Å². The van der Waals surface area contributed by atoms with Gasteiger partial charge in [-0.1, -0.05) is 45.7 Å². The molecule has 0 radical (unpaired) electrons. The third-order valence-electron chi connectivity index (χ3n) is 4.77. The van der Waals surface area contributed by atoms with Crippen molar-refractivity contribution in [1.29, 1.82) is 0 Å². The molecule has 1 N–H and O–H groups in total. The fourth-order valence-electron chi connectivity index (χ4n) is 3.87. The summed E-state index contributed by atoms with van der Waals surface area (Å²) < 4.78 is 0. The molecule has 1 aliphatic rings. The van der Waals surface area contributed by atoms with Crippen molar-refractivity contribution >= 4 is 0 Å². The molecule has 118 valence electrons. The van der Waals surface area contributed by atoms with Crippen LogP contribution in [0.5, 0.6) is 5.75 Å². The van der Waals surface area contributed by atoms with Gasteiger partial charge in [-0.15, -0.1) is 0 Å². The molecule has 1 aromatic carbocycles. The van der Waals surface area contributed by atoms with E-state index in [-0.39, 0.29) is 5.41 Å². The minimum Gasteiger partial charge on any atom is -0.508 e. The zero-order chi connectivity index (χ0) is 15.3. The molecular weight excluding hydrogens is 258 g/mol. The lowest BCUT2D eigenvalue weighted by atomic mass is 9.73. The van der Waals surface area contributed by atoms with Gasteiger partial charge in [0.1, 0.15) is 5.75 Å². The third kappa shape index (κ3) is 4.23. The summed E-state index contributed by atoms with van der Waals surface area (Å²) in [5, 5.41) is 9.85. The van der Waals surface area contributed by atoms with Gasteiger partial charge in [-0.25, -0.2) is 0 Å². The van der Waals surface area contributed by atoms with E-state index in [0.29, 0.717) is 11.7 Å². The van der Waals surface area contributed by atoms with Gasteiger partial charge >= 0.3 is 0 Å².